The summed E-state index contributed by atoms with van der Waals surface area (Å²) in [5, 5.41) is 12.6. The molecule has 6 nitrogen and oxygen atoms in total. The third kappa shape index (κ3) is 2.61. The fourth-order valence-corrected chi connectivity index (χ4v) is 2.69. The van der Waals surface area contributed by atoms with Crippen molar-refractivity contribution in [2.45, 2.75) is 13.0 Å². The van der Waals surface area contributed by atoms with Crippen LogP contribution in [0.5, 0.6) is 5.75 Å². The van der Waals surface area contributed by atoms with Gasteiger partial charge in [-0.1, -0.05) is 23.7 Å². The lowest BCUT2D eigenvalue weighted by atomic mass is 10.1. The molecule has 1 aliphatic rings. The zero-order valence-electron chi connectivity index (χ0n) is 12.6. The van der Waals surface area contributed by atoms with Gasteiger partial charge in [0.15, 0.2) is 0 Å². The largest absolute Gasteiger partial charge is 0.506 e. The summed E-state index contributed by atoms with van der Waals surface area (Å²) in [6, 6.07) is 9.54. The van der Waals surface area contributed by atoms with Gasteiger partial charge in [0.1, 0.15) is 11.8 Å². The Morgan fingerprint density at radius 1 is 1.12 bits per heavy atom. The van der Waals surface area contributed by atoms with Crippen LogP contribution in [0.4, 0.5) is 5.69 Å². The van der Waals surface area contributed by atoms with Gasteiger partial charge in [-0.3, -0.25) is 19.3 Å². The number of amides is 3. The number of halogens is 1. The molecule has 0 saturated heterocycles. The van der Waals surface area contributed by atoms with Crippen molar-refractivity contribution in [2.24, 2.45) is 0 Å². The van der Waals surface area contributed by atoms with Gasteiger partial charge in [0, 0.05) is 5.02 Å². The number of hydrogen-bond donors (Lipinski definition) is 2. The number of rotatable bonds is 3. The Morgan fingerprint density at radius 2 is 1.71 bits per heavy atom. The predicted octanol–water partition coefficient (Wildman–Crippen LogP) is 2.67. The maximum Gasteiger partial charge on any atom is 0.262 e. The molecule has 2 aromatic carbocycles. The lowest BCUT2D eigenvalue weighted by molar-refractivity contribution is -0.119. The molecule has 0 aromatic heterocycles. The van der Waals surface area contributed by atoms with Gasteiger partial charge in [0.25, 0.3) is 11.8 Å². The van der Waals surface area contributed by atoms with E-state index >= 15 is 0 Å². The lowest BCUT2D eigenvalue weighted by Gasteiger charge is -2.22. The second-order valence-electron chi connectivity index (χ2n) is 5.35. The summed E-state index contributed by atoms with van der Waals surface area (Å²) >= 11 is 5.83. The van der Waals surface area contributed by atoms with Crippen molar-refractivity contribution in [1.82, 2.24) is 4.90 Å². The Hall–Kier alpha value is -2.86. The predicted molar refractivity (Wildman–Crippen MR) is 88.2 cm³/mol. The van der Waals surface area contributed by atoms with Crippen LogP contribution in [0.2, 0.25) is 5.02 Å². The summed E-state index contributed by atoms with van der Waals surface area (Å²) in [5.74, 6) is -1.81. The van der Waals surface area contributed by atoms with Crippen LogP contribution >= 0.6 is 11.6 Å². The maximum absolute atomic E-state index is 12.4. The number of phenols is 1. The van der Waals surface area contributed by atoms with Gasteiger partial charge >= 0.3 is 0 Å². The van der Waals surface area contributed by atoms with Crippen LogP contribution in [-0.4, -0.2) is 33.8 Å². The van der Waals surface area contributed by atoms with Crippen LogP contribution in [0.3, 0.4) is 0 Å². The Morgan fingerprint density at radius 3 is 2.29 bits per heavy atom. The number of hydrogen-bond acceptors (Lipinski definition) is 4. The molecule has 0 aliphatic carbocycles. The van der Waals surface area contributed by atoms with E-state index in [0.29, 0.717) is 5.02 Å². The molecule has 0 unspecified atom stereocenters. The van der Waals surface area contributed by atoms with Crippen molar-refractivity contribution in [3.63, 3.8) is 0 Å². The third-order valence-electron chi connectivity index (χ3n) is 3.81. The number of benzene rings is 2. The molecule has 3 rings (SSSR count). The minimum atomic E-state index is -1.05. The zero-order chi connectivity index (χ0) is 17.4. The first-order valence-corrected chi connectivity index (χ1v) is 7.54. The molecule has 0 bridgehead atoms. The van der Waals surface area contributed by atoms with Gasteiger partial charge in [0.2, 0.25) is 5.91 Å². The summed E-state index contributed by atoms with van der Waals surface area (Å²) < 4.78 is 0. The summed E-state index contributed by atoms with van der Waals surface area (Å²) in [5.41, 5.74) is 0.650. The number of anilines is 1. The molecule has 0 spiro atoms. The van der Waals surface area contributed by atoms with Crippen molar-refractivity contribution >= 4 is 35.0 Å². The molecule has 0 fully saturated rings. The highest BCUT2D eigenvalue weighted by Crippen LogP contribution is 2.28. The van der Waals surface area contributed by atoms with Crippen LogP contribution in [0.25, 0.3) is 0 Å². The van der Waals surface area contributed by atoms with E-state index in [9.17, 15) is 19.5 Å². The molecule has 2 N–H and O–H groups in total. The summed E-state index contributed by atoms with van der Waals surface area (Å²) in [6.07, 6.45) is 0. The van der Waals surface area contributed by atoms with Crippen LogP contribution < -0.4 is 5.32 Å². The van der Waals surface area contributed by atoms with Crippen LogP contribution in [0.15, 0.2) is 42.5 Å². The average Bonchev–Trinajstić information content (AvgIpc) is 2.82. The van der Waals surface area contributed by atoms with Crippen molar-refractivity contribution in [1.29, 1.82) is 0 Å². The van der Waals surface area contributed by atoms with Crippen LogP contribution in [0, 0.1) is 0 Å². The minimum Gasteiger partial charge on any atom is -0.506 e. The Kier molecular flexibility index (Phi) is 3.99. The Bertz CT molecular complexity index is 830. The summed E-state index contributed by atoms with van der Waals surface area (Å²) in [7, 11) is 0. The van der Waals surface area contributed by atoms with E-state index < -0.39 is 23.8 Å². The van der Waals surface area contributed by atoms with Gasteiger partial charge in [-0.25, -0.2) is 0 Å². The number of carbonyl (C=O) groups is 3. The number of fused-ring (bicyclic) bond motifs is 1. The molecule has 0 saturated carbocycles. The van der Waals surface area contributed by atoms with E-state index in [2.05, 4.69) is 5.32 Å². The maximum atomic E-state index is 12.4. The number of nitrogens with zero attached hydrogens (tertiary/aromatic N) is 1. The standard InChI is InChI=1S/C17H13ClN2O4/c1-9(15(22)19-13-8-10(18)6-7-14(13)21)20-16(23)11-4-2-3-5-12(11)17(20)24/h2-9,21H,1H3,(H,19,22)/t9-/m1/s1. The fraction of sp³-hybridized carbons (Fsp3) is 0.118. The molecular formula is C17H13ClN2O4. The van der Waals surface area contributed by atoms with E-state index in [-0.39, 0.29) is 22.6 Å². The smallest absolute Gasteiger partial charge is 0.262 e. The topological polar surface area (TPSA) is 86.7 Å². The van der Waals surface area contributed by atoms with E-state index in [1.54, 1.807) is 24.3 Å². The van der Waals surface area contributed by atoms with E-state index in [1.807, 2.05) is 0 Å². The number of imide groups is 1. The zero-order valence-corrected chi connectivity index (χ0v) is 13.4. The highest BCUT2D eigenvalue weighted by molar-refractivity contribution is 6.31. The molecule has 1 atom stereocenters. The first-order valence-electron chi connectivity index (χ1n) is 7.16. The van der Waals surface area contributed by atoms with Gasteiger partial charge in [-0.15, -0.1) is 0 Å². The van der Waals surface area contributed by atoms with E-state index in [0.717, 1.165) is 4.90 Å². The second kappa shape index (κ2) is 5.98. The molecule has 122 valence electrons. The normalized spacial score (nSPS) is 14.5. The Balaban J connectivity index is 1.83. The quantitative estimate of drug-likeness (QED) is 0.662. The van der Waals surface area contributed by atoms with Crippen molar-refractivity contribution in [3.8, 4) is 5.75 Å². The molecule has 24 heavy (non-hydrogen) atoms. The van der Waals surface area contributed by atoms with Gasteiger partial charge < -0.3 is 10.4 Å². The minimum absolute atomic E-state index is 0.107. The van der Waals surface area contributed by atoms with Crippen molar-refractivity contribution < 1.29 is 19.5 Å². The van der Waals surface area contributed by atoms with Gasteiger partial charge in [-0.2, -0.15) is 0 Å². The fourth-order valence-electron chi connectivity index (χ4n) is 2.52. The Labute approximate surface area is 142 Å². The molecule has 2 aromatic rings. The molecule has 3 amide bonds. The number of nitrogens with one attached hydrogen (secondary N) is 1. The monoisotopic (exact) mass is 344 g/mol. The van der Waals surface area contributed by atoms with Crippen LogP contribution in [0.1, 0.15) is 27.6 Å². The first-order chi connectivity index (χ1) is 11.4. The molecule has 1 aliphatic heterocycles. The highest BCUT2D eigenvalue weighted by Gasteiger charge is 2.40. The average molecular weight is 345 g/mol. The van der Waals surface area contributed by atoms with E-state index in [4.69, 9.17) is 11.6 Å². The number of aromatic hydroxyl groups is 1. The molecule has 7 heteroatoms. The van der Waals surface area contributed by atoms with Gasteiger partial charge in [0.05, 0.1) is 16.8 Å². The van der Waals surface area contributed by atoms with Crippen LogP contribution in [-0.2, 0) is 4.79 Å². The number of phenolic OH excluding ortho intramolecular Hbond substituents is 1. The lowest BCUT2D eigenvalue weighted by Crippen LogP contribution is -2.45. The third-order valence-corrected chi connectivity index (χ3v) is 4.04. The molecule has 1 heterocycles. The van der Waals surface area contributed by atoms with Gasteiger partial charge in [-0.05, 0) is 37.3 Å². The summed E-state index contributed by atoms with van der Waals surface area (Å²) in [4.78, 5) is 38.1. The van der Waals surface area contributed by atoms with E-state index in [1.165, 1.54) is 25.1 Å². The molecule has 0 radical (unpaired) electrons. The van der Waals surface area contributed by atoms with Crippen molar-refractivity contribution in [2.75, 3.05) is 5.32 Å². The second-order valence-corrected chi connectivity index (χ2v) is 5.79. The SMILES string of the molecule is C[C@H](C(=O)Nc1cc(Cl)ccc1O)N1C(=O)c2ccccc2C1=O. The molecular weight excluding hydrogens is 332 g/mol. The van der Waals surface area contributed by atoms with Crippen molar-refractivity contribution in [3.05, 3.63) is 58.6 Å². The first kappa shape index (κ1) is 16.0. The highest BCUT2D eigenvalue weighted by atomic mass is 35.5. The number of carbonyl (C=O) groups excluding carboxylic acids is 3. The summed E-state index contributed by atoms with van der Waals surface area (Å²) in [6.45, 7) is 1.44.